The standard InChI is InChI=1S/C31H25N2O/c1-30(2)26-19-10-6-5-9-18(19)17-23-21-13-14-22-20-11-7-8-12-24(20)34-28(22)27(21)32-15-16-33(31(30,3)4)29(32)25(23)26/h5-17H,1-4H3/q+1. The Morgan fingerprint density at radius 2 is 1.50 bits per heavy atom. The summed E-state index contributed by atoms with van der Waals surface area (Å²) < 4.78 is 11.4. The fourth-order valence-corrected chi connectivity index (χ4v) is 6.54. The highest BCUT2D eigenvalue weighted by atomic mass is 16.3. The fraction of sp³-hybridized carbons (Fsp3) is 0.194. The van der Waals surface area contributed by atoms with Crippen molar-refractivity contribution >= 4 is 60.0 Å². The third kappa shape index (κ3) is 1.88. The van der Waals surface area contributed by atoms with Crippen LogP contribution in [0.4, 0.5) is 0 Å². The average Bonchev–Trinajstić information content (AvgIpc) is 3.44. The monoisotopic (exact) mass is 441 g/mol. The lowest BCUT2D eigenvalue weighted by atomic mass is 9.65. The van der Waals surface area contributed by atoms with E-state index in [1.54, 1.807) is 0 Å². The van der Waals surface area contributed by atoms with Crippen LogP contribution in [-0.2, 0) is 11.0 Å². The Kier molecular flexibility index (Phi) is 3.06. The molecular weight excluding hydrogens is 416 g/mol. The van der Waals surface area contributed by atoms with Crippen LogP contribution < -0.4 is 4.57 Å². The van der Waals surface area contributed by atoms with Gasteiger partial charge >= 0.3 is 0 Å². The molecule has 0 amide bonds. The summed E-state index contributed by atoms with van der Waals surface area (Å²) in [5.74, 6) is 0. The molecule has 0 saturated heterocycles. The zero-order valence-electron chi connectivity index (χ0n) is 19.8. The van der Waals surface area contributed by atoms with Gasteiger partial charge in [-0.2, -0.15) is 4.40 Å². The third-order valence-corrected chi connectivity index (χ3v) is 8.90. The number of para-hydroxylation sites is 1. The average molecular weight is 442 g/mol. The van der Waals surface area contributed by atoms with Crippen LogP contribution in [0.5, 0.6) is 0 Å². The van der Waals surface area contributed by atoms with Crippen molar-refractivity contribution in [3.05, 3.63) is 84.7 Å². The highest BCUT2D eigenvalue weighted by Crippen LogP contribution is 2.50. The van der Waals surface area contributed by atoms with Crippen LogP contribution in [0, 0.1) is 0 Å². The molecule has 8 rings (SSSR count). The molecule has 3 aromatic heterocycles. The van der Waals surface area contributed by atoms with Gasteiger partial charge in [0.25, 0.3) is 5.65 Å². The van der Waals surface area contributed by atoms with Crippen LogP contribution in [0.2, 0.25) is 0 Å². The van der Waals surface area contributed by atoms with Crippen molar-refractivity contribution in [2.45, 2.75) is 38.6 Å². The van der Waals surface area contributed by atoms with E-state index in [9.17, 15) is 0 Å². The number of imidazole rings is 1. The minimum Gasteiger partial charge on any atom is -0.452 e. The normalized spacial score (nSPS) is 16.7. The molecule has 4 aromatic carbocycles. The van der Waals surface area contributed by atoms with Crippen LogP contribution in [0.25, 0.3) is 60.0 Å². The number of nitrogens with zero attached hydrogens (tertiary/aromatic N) is 2. The van der Waals surface area contributed by atoms with Crippen molar-refractivity contribution < 1.29 is 8.98 Å². The number of pyridine rings is 1. The Morgan fingerprint density at radius 1 is 0.765 bits per heavy atom. The van der Waals surface area contributed by atoms with Gasteiger partial charge in [0.2, 0.25) is 0 Å². The second-order valence-electron chi connectivity index (χ2n) is 10.9. The number of fused-ring (bicyclic) bond motifs is 9. The molecule has 0 radical (unpaired) electrons. The van der Waals surface area contributed by atoms with E-state index >= 15 is 0 Å². The number of furan rings is 1. The molecular formula is C31H25N2O+. The molecule has 0 saturated carbocycles. The maximum Gasteiger partial charge on any atom is 0.295 e. The summed E-state index contributed by atoms with van der Waals surface area (Å²) in [6.45, 7) is 9.55. The molecule has 1 aliphatic rings. The molecule has 7 aromatic rings. The molecule has 0 bridgehead atoms. The van der Waals surface area contributed by atoms with Crippen LogP contribution in [-0.4, -0.2) is 4.40 Å². The molecule has 0 atom stereocenters. The van der Waals surface area contributed by atoms with Crippen LogP contribution in [0.15, 0.2) is 83.5 Å². The molecule has 0 N–H and O–H groups in total. The molecule has 1 aliphatic heterocycles. The fourth-order valence-electron chi connectivity index (χ4n) is 6.54. The number of hydrogen-bond acceptors (Lipinski definition) is 1. The van der Waals surface area contributed by atoms with E-state index in [4.69, 9.17) is 4.42 Å². The SMILES string of the molecule is CC1(C)c2c3ccccc3cc3c4ccc5c6ccccc6oc5c4n4cc[n+](c4c23)C1(C)C. The van der Waals surface area contributed by atoms with Gasteiger partial charge in [0, 0.05) is 27.0 Å². The topological polar surface area (TPSA) is 21.4 Å². The van der Waals surface area contributed by atoms with E-state index in [1.807, 2.05) is 6.07 Å². The predicted octanol–water partition coefficient (Wildman–Crippen LogP) is 7.61. The van der Waals surface area contributed by atoms with E-state index in [2.05, 4.69) is 110 Å². The van der Waals surface area contributed by atoms with E-state index in [0.717, 1.165) is 16.7 Å². The van der Waals surface area contributed by atoms with Gasteiger partial charge < -0.3 is 4.42 Å². The quantitative estimate of drug-likeness (QED) is 0.135. The zero-order valence-corrected chi connectivity index (χ0v) is 19.8. The minimum absolute atomic E-state index is 0.0667. The number of hydrogen-bond donors (Lipinski definition) is 0. The first-order valence-electron chi connectivity index (χ1n) is 12.0. The number of benzene rings is 4. The highest BCUT2D eigenvalue weighted by Gasteiger charge is 2.51. The van der Waals surface area contributed by atoms with Crippen LogP contribution in [0.3, 0.4) is 0 Å². The van der Waals surface area contributed by atoms with E-state index in [0.29, 0.717) is 0 Å². The van der Waals surface area contributed by atoms with Crippen molar-refractivity contribution in [3.8, 4) is 0 Å². The Labute approximate surface area is 196 Å². The summed E-state index contributed by atoms with van der Waals surface area (Å²) in [7, 11) is 0. The maximum atomic E-state index is 6.53. The van der Waals surface area contributed by atoms with Crippen LogP contribution in [0.1, 0.15) is 33.3 Å². The van der Waals surface area contributed by atoms with Gasteiger partial charge in [0.15, 0.2) is 11.1 Å². The van der Waals surface area contributed by atoms with Crippen molar-refractivity contribution in [3.63, 3.8) is 0 Å². The predicted molar refractivity (Wildman–Crippen MR) is 140 cm³/mol. The summed E-state index contributed by atoms with van der Waals surface area (Å²) in [5.41, 5.74) is 5.56. The summed E-state index contributed by atoms with van der Waals surface area (Å²) in [6, 6.07) is 24.1. The third-order valence-electron chi connectivity index (χ3n) is 8.90. The van der Waals surface area contributed by atoms with Crippen molar-refractivity contribution in [2.75, 3.05) is 0 Å². The molecule has 0 fully saturated rings. The second-order valence-corrected chi connectivity index (χ2v) is 10.9. The molecule has 3 heteroatoms. The van der Waals surface area contributed by atoms with Crippen molar-refractivity contribution in [1.82, 2.24) is 4.40 Å². The van der Waals surface area contributed by atoms with Crippen molar-refractivity contribution in [2.24, 2.45) is 0 Å². The smallest absolute Gasteiger partial charge is 0.295 e. The Balaban J connectivity index is 1.76. The zero-order chi connectivity index (χ0) is 23.0. The van der Waals surface area contributed by atoms with E-state index in [1.165, 1.54) is 48.9 Å². The van der Waals surface area contributed by atoms with Gasteiger partial charge in [0.05, 0.1) is 5.39 Å². The van der Waals surface area contributed by atoms with Gasteiger partial charge in [-0.05, 0) is 54.4 Å². The summed E-state index contributed by atoms with van der Waals surface area (Å²) >= 11 is 0. The Hall–Kier alpha value is -3.85. The number of aromatic nitrogens is 2. The number of rotatable bonds is 0. The minimum atomic E-state index is -0.110. The lowest BCUT2D eigenvalue weighted by Crippen LogP contribution is -2.63. The molecule has 0 aliphatic carbocycles. The first kappa shape index (κ1) is 18.6. The van der Waals surface area contributed by atoms with Gasteiger partial charge in [0.1, 0.15) is 23.5 Å². The molecule has 0 spiro atoms. The summed E-state index contributed by atoms with van der Waals surface area (Å²) in [5, 5.41) is 8.88. The lowest BCUT2D eigenvalue weighted by Gasteiger charge is -2.43. The Morgan fingerprint density at radius 3 is 2.35 bits per heavy atom. The second kappa shape index (κ2) is 5.61. The van der Waals surface area contributed by atoms with Gasteiger partial charge in [-0.15, -0.1) is 0 Å². The van der Waals surface area contributed by atoms with Gasteiger partial charge in [-0.25, -0.2) is 4.57 Å². The molecule has 3 nitrogen and oxygen atoms in total. The molecule has 4 heterocycles. The molecule has 164 valence electrons. The maximum absolute atomic E-state index is 6.53. The lowest BCUT2D eigenvalue weighted by molar-refractivity contribution is -0.745. The van der Waals surface area contributed by atoms with E-state index < -0.39 is 0 Å². The first-order valence-corrected chi connectivity index (χ1v) is 12.0. The van der Waals surface area contributed by atoms with Gasteiger partial charge in [-0.3, -0.25) is 0 Å². The van der Waals surface area contributed by atoms with Crippen LogP contribution >= 0.6 is 0 Å². The van der Waals surface area contributed by atoms with E-state index in [-0.39, 0.29) is 11.0 Å². The Bertz CT molecular complexity index is 2020. The molecule has 0 unspecified atom stereocenters. The van der Waals surface area contributed by atoms with Gasteiger partial charge in [-0.1, -0.05) is 56.3 Å². The summed E-state index contributed by atoms with van der Waals surface area (Å²) in [6.07, 6.45) is 4.49. The van der Waals surface area contributed by atoms with Crippen molar-refractivity contribution in [1.29, 1.82) is 0 Å². The highest BCUT2D eigenvalue weighted by molar-refractivity contribution is 6.24. The summed E-state index contributed by atoms with van der Waals surface area (Å²) in [4.78, 5) is 0. The first-order chi connectivity index (χ1) is 16.4. The largest absolute Gasteiger partial charge is 0.452 e. The molecule has 34 heavy (non-hydrogen) atoms.